The summed E-state index contributed by atoms with van der Waals surface area (Å²) in [6.07, 6.45) is 4.20. The SMILES string of the molecule is CCOC(=O)CC(NC(=O)CCc1cccnc1)c1ccc(F)cc1. The number of nitrogens with one attached hydrogen (secondary N) is 1. The molecule has 5 nitrogen and oxygen atoms in total. The van der Waals surface area contributed by atoms with Gasteiger partial charge in [0.2, 0.25) is 5.91 Å². The van der Waals surface area contributed by atoms with Crippen LogP contribution in [0.1, 0.15) is 36.9 Å². The smallest absolute Gasteiger partial charge is 0.308 e. The summed E-state index contributed by atoms with van der Waals surface area (Å²) < 4.78 is 18.1. The van der Waals surface area contributed by atoms with E-state index in [2.05, 4.69) is 10.3 Å². The van der Waals surface area contributed by atoms with Crippen molar-refractivity contribution in [2.24, 2.45) is 0 Å². The first-order valence-electron chi connectivity index (χ1n) is 8.18. The average Bonchev–Trinajstić information content (AvgIpc) is 2.61. The maximum absolute atomic E-state index is 13.1. The molecule has 1 aromatic heterocycles. The topological polar surface area (TPSA) is 68.3 Å². The van der Waals surface area contributed by atoms with Crippen LogP contribution in [-0.2, 0) is 20.7 Å². The minimum absolute atomic E-state index is 0.00188. The fourth-order valence-corrected chi connectivity index (χ4v) is 2.40. The van der Waals surface area contributed by atoms with Crippen molar-refractivity contribution in [3.63, 3.8) is 0 Å². The lowest BCUT2D eigenvalue weighted by Crippen LogP contribution is -2.30. The van der Waals surface area contributed by atoms with Crippen molar-refractivity contribution in [2.45, 2.75) is 32.2 Å². The largest absolute Gasteiger partial charge is 0.466 e. The van der Waals surface area contributed by atoms with E-state index in [0.717, 1.165) is 5.56 Å². The van der Waals surface area contributed by atoms with Crippen LogP contribution in [0.4, 0.5) is 4.39 Å². The standard InChI is InChI=1S/C19H21FN2O3/c1-2-25-19(24)12-17(15-6-8-16(20)9-7-15)22-18(23)10-5-14-4-3-11-21-13-14/h3-4,6-9,11,13,17H,2,5,10,12H2,1H3,(H,22,23). The van der Waals surface area contributed by atoms with Gasteiger partial charge in [0, 0.05) is 18.8 Å². The molecule has 1 atom stereocenters. The van der Waals surface area contributed by atoms with E-state index >= 15 is 0 Å². The number of benzene rings is 1. The lowest BCUT2D eigenvalue weighted by Gasteiger charge is -2.18. The van der Waals surface area contributed by atoms with E-state index in [1.807, 2.05) is 12.1 Å². The number of carbonyl (C=O) groups excluding carboxylic acids is 2. The normalized spacial score (nSPS) is 11.6. The summed E-state index contributed by atoms with van der Waals surface area (Å²) in [6.45, 7) is 1.99. The zero-order valence-corrected chi connectivity index (χ0v) is 14.1. The van der Waals surface area contributed by atoms with Crippen molar-refractivity contribution < 1.29 is 18.7 Å². The third kappa shape index (κ3) is 6.33. The van der Waals surface area contributed by atoms with E-state index in [1.54, 1.807) is 31.5 Å². The quantitative estimate of drug-likeness (QED) is 0.748. The molecule has 1 amide bonds. The highest BCUT2D eigenvalue weighted by Gasteiger charge is 2.19. The highest BCUT2D eigenvalue weighted by molar-refractivity contribution is 5.78. The lowest BCUT2D eigenvalue weighted by atomic mass is 10.0. The van der Waals surface area contributed by atoms with Crippen LogP contribution >= 0.6 is 0 Å². The maximum atomic E-state index is 13.1. The number of nitrogens with zero attached hydrogens (tertiary/aromatic N) is 1. The van der Waals surface area contributed by atoms with Gasteiger partial charge in [-0.3, -0.25) is 14.6 Å². The van der Waals surface area contributed by atoms with Gasteiger partial charge in [-0.25, -0.2) is 4.39 Å². The van der Waals surface area contributed by atoms with Crippen molar-refractivity contribution in [1.29, 1.82) is 0 Å². The Morgan fingerprint density at radius 1 is 1.24 bits per heavy atom. The molecular weight excluding hydrogens is 323 g/mol. The van der Waals surface area contributed by atoms with Crippen LogP contribution < -0.4 is 5.32 Å². The van der Waals surface area contributed by atoms with E-state index in [4.69, 9.17) is 4.74 Å². The van der Waals surface area contributed by atoms with Crippen LogP contribution in [-0.4, -0.2) is 23.5 Å². The molecule has 0 aliphatic carbocycles. The third-order valence-electron chi connectivity index (χ3n) is 3.65. The van der Waals surface area contributed by atoms with E-state index in [1.165, 1.54) is 12.1 Å². The number of esters is 1. The van der Waals surface area contributed by atoms with Crippen LogP contribution in [0.3, 0.4) is 0 Å². The summed E-state index contributed by atoms with van der Waals surface area (Å²) in [5.74, 6) is -0.978. The van der Waals surface area contributed by atoms with Crippen molar-refractivity contribution in [3.8, 4) is 0 Å². The number of rotatable bonds is 8. The molecule has 6 heteroatoms. The van der Waals surface area contributed by atoms with Crippen LogP contribution in [0.2, 0.25) is 0 Å². The minimum atomic E-state index is -0.555. The van der Waals surface area contributed by atoms with Gasteiger partial charge in [0.05, 0.1) is 19.1 Å². The first-order valence-corrected chi connectivity index (χ1v) is 8.18. The molecule has 1 aromatic carbocycles. The summed E-state index contributed by atoms with van der Waals surface area (Å²) in [4.78, 5) is 28.1. The van der Waals surface area contributed by atoms with E-state index in [9.17, 15) is 14.0 Å². The van der Waals surface area contributed by atoms with Crippen LogP contribution in [0.15, 0.2) is 48.8 Å². The number of hydrogen-bond donors (Lipinski definition) is 1. The Bertz CT molecular complexity index is 690. The molecule has 0 fully saturated rings. The van der Waals surface area contributed by atoms with Gasteiger partial charge >= 0.3 is 5.97 Å². The second-order valence-corrected chi connectivity index (χ2v) is 5.54. The molecule has 1 heterocycles. The predicted octanol–water partition coefficient (Wildman–Crippen LogP) is 2.96. The highest BCUT2D eigenvalue weighted by Crippen LogP contribution is 2.18. The van der Waals surface area contributed by atoms with E-state index < -0.39 is 12.0 Å². The van der Waals surface area contributed by atoms with Gasteiger partial charge in [-0.2, -0.15) is 0 Å². The van der Waals surface area contributed by atoms with Crippen molar-refractivity contribution >= 4 is 11.9 Å². The Hall–Kier alpha value is -2.76. The summed E-state index contributed by atoms with van der Waals surface area (Å²) in [7, 11) is 0. The molecule has 2 rings (SSSR count). The molecule has 132 valence electrons. The fraction of sp³-hybridized carbons (Fsp3) is 0.316. The Balaban J connectivity index is 2.00. The summed E-state index contributed by atoms with van der Waals surface area (Å²) >= 11 is 0. The lowest BCUT2D eigenvalue weighted by molar-refractivity contribution is -0.143. The number of pyridine rings is 1. The molecule has 1 unspecified atom stereocenters. The van der Waals surface area contributed by atoms with Crippen molar-refractivity contribution in [2.75, 3.05) is 6.61 Å². The first-order chi connectivity index (χ1) is 12.1. The predicted molar refractivity (Wildman–Crippen MR) is 91.1 cm³/mol. The Kier molecular flexibility index (Phi) is 7.07. The van der Waals surface area contributed by atoms with Gasteiger partial charge in [0.15, 0.2) is 0 Å². The van der Waals surface area contributed by atoms with Crippen LogP contribution in [0.25, 0.3) is 0 Å². The molecule has 0 aliphatic heterocycles. The Labute approximate surface area is 146 Å². The third-order valence-corrected chi connectivity index (χ3v) is 3.65. The summed E-state index contributed by atoms with van der Waals surface area (Å²) in [6, 6.07) is 8.87. The Morgan fingerprint density at radius 2 is 2.00 bits per heavy atom. The monoisotopic (exact) mass is 344 g/mol. The number of amides is 1. The van der Waals surface area contributed by atoms with E-state index in [0.29, 0.717) is 12.0 Å². The molecule has 25 heavy (non-hydrogen) atoms. The minimum Gasteiger partial charge on any atom is -0.466 e. The number of halogens is 1. The molecule has 0 spiro atoms. The van der Waals surface area contributed by atoms with Crippen LogP contribution in [0.5, 0.6) is 0 Å². The first kappa shape index (κ1) is 18.6. The number of aryl methyl sites for hydroxylation is 1. The van der Waals surface area contributed by atoms with Gasteiger partial charge < -0.3 is 10.1 Å². The molecule has 0 radical (unpaired) electrons. The fourth-order valence-electron chi connectivity index (χ4n) is 2.40. The van der Waals surface area contributed by atoms with Crippen LogP contribution in [0, 0.1) is 5.82 Å². The average molecular weight is 344 g/mol. The van der Waals surface area contributed by atoms with Gasteiger partial charge in [0.1, 0.15) is 5.82 Å². The molecule has 0 aliphatic rings. The molecule has 0 bridgehead atoms. The zero-order valence-electron chi connectivity index (χ0n) is 14.1. The number of ether oxygens (including phenoxy) is 1. The molecule has 0 saturated heterocycles. The van der Waals surface area contributed by atoms with Gasteiger partial charge in [-0.15, -0.1) is 0 Å². The van der Waals surface area contributed by atoms with Crippen molar-refractivity contribution in [1.82, 2.24) is 10.3 Å². The second kappa shape index (κ2) is 9.52. The summed E-state index contributed by atoms with van der Waals surface area (Å²) in [5.41, 5.74) is 1.62. The molecule has 1 N–H and O–H groups in total. The van der Waals surface area contributed by atoms with E-state index in [-0.39, 0.29) is 31.2 Å². The number of hydrogen-bond acceptors (Lipinski definition) is 4. The van der Waals surface area contributed by atoms with Gasteiger partial charge in [-0.05, 0) is 42.7 Å². The molecule has 0 saturated carbocycles. The summed E-state index contributed by atoms with van der Waals surface area (Å²) in [5, 5.41) is 2.83. The van der Waals surface area contributed by atoms with Gasteiger partial charge in [0.25, 0.3) is 0 Å². The molecule has 2 aromatic rings. The maximum Gasteiger partial charge on any atom is 0.308 e. The number of carbonyl (C=O) groups is 2. The Morgan fingerprint density at radius 3 is 2.64 bits per heavy atom. The zero-order chi connectivity index (χ0) is 18.1. The number of aromatic nitrogens is 1. The second-order valence-electron chi connectivity index (χ2n) is 5.54. The highest BCUT2D eigenvalue weighted by atomic mass is 19.1. The van der Waals surface area contributed by atoms with Gasteiger partial charge in [-0.1, -0.05) is 18.2 Å². The molecular formula is C19H21FN2O3. The van der Waals surface area contributed by atoms with Crippen molar-refractivity contribution in [3.05, 3.63) is 65.7 Å².